The molecule has 0 aromatic heterocycles. The van der Waals surface area contributed by atoms with Gasteiger partial charge in [0, 0.05) is 0 Å². The molecule has 0 fully saturated rings. The third-order valence-corrected chi connectivity index (χ3v) is 3.54. The van der Waals surface area contributed by atoms with Gasteiger partial charge in [0.15, 0.2) is 0 Å². The predicted octanol–water partition coefficient (Wildman–Crippen LogP) is -0.570. The van der Waals surface area contributed by atoms with Gasteiger partial charge in [0.05, 0.1) is 0 Å². The van der Waals surface area contributed by atoms with E-state index in [2.05, 4.69) is 74.5 Å². The Kier molecular flexibility index (Phi) is 9.39. The van der Waals surface area contributed by atoms with Crippen LogP contribution < -0.4 is 24.8 Å². The number of halogens is 2. The van der Waals surface area contributed by atoms with E-state index < -0.39 is 0 Å². The second-order valence-electron chi connectivity index (χ2n) is 5.64. The van der Waals surface area contributed by atoms with Gasteiger partial charge >= 0.3 is 26.2 Å². The summed E-state index contributed by atoms with van der Waals surface area (Å²) in [6.07, 6.45) is 1.16. The van der Waals surface area contributed by atoms with Gasteiger partial charge in [0.2, 0.25) is 0 Å². The molecule has 3 heteroatoms. The van der Waals surface area contributed by atoms with Gasteiger partial charge in [-0.3, -0.25) is 0 Å². The Bertz CT molecular complexity index is 687. The van der Waals surface area contributed by atoms with Crippen LogP contribution in [0.1, 0.15) is 19.4 Å². The molecule has 0 saturated heterocycles. The van der Waals surface area contributed by atoms with Crippen molar-refractivity contribution >= 4 is 10.8 Å². The smallest absolute Gasteiger partial charge is 1.00 e. The van der Waals surface area contributed by atoms with E-state index in [9.17, 15) is 0 Å². The number of hydrogen-bond acceptors (Lipinski definition) is 0. The fourth-order valence-corrected chi connectivity index (χ4v) is 2.76. The molecular formula is C19H19Cl2Zr. The predicted molar refractivity (Wildman–Crippen MR) is 83.5 cm³/mol. The summed E-state index contributed by atoms with van der Waals surface area (Å²) in [5, 5.41) is 2.74. The molecule has 0 unspecified atom stereocenters. The first-order valence-corrected chi connectivity index (χ1v) is 6.98. The van der Waals surface area contributed by atoms with Crippen LogP contribution >= 0.6 is 0 Å². The van der Waals surface area contributed by atoms with E-state index in [1.165, 1.54) is 27.5 Å². The Morgan fingerprint density at radius 3 is 2.23 bits per heavy atom. The zero-order valence-electron chi connectivity index (χ0n) is 12.8. The second-order valence-corrected chi connectivity index (χ2v) is 5.64. The summed E-state index contributed by atoms with van der Waals surface area (Å²) < 4.78 is 0. The minimum Gasteiger partial charge on any atom is -1.00 e. The maximum atomic E-state index is 2.36. The summed E-state index contributed by atoms with van der Waals surface area (Å²) in [6.45, 7) is 4.55. The summed E-state index contributed by atoms with van der Waals surface area (Å²) in [4.78, 5) is 0. The van der Waals surface area contributed by atoms with Crippen LogP contribution in [0.4, 0.5) is 0 Å². The molecule has 113 valence electrons. The van der Waals surface area contributed by atoms with Crippen molar-refractivity contribution in [3.8, 4) is 11.1 Å². The van der Waals surface area contributed by atoms with E-state index in [1.807, 2.05) is 0 Å². The summed E-state index contributed by atoms with van der Waals surface area (Å²) in [5.74, 6) is 0.706. The van der Waals surface area contributed by atoms with Gasteiger partial charge in [-0.25, -0.2) is 0 Å². The van der Waals surface area contributed by atoms with Crippen LogP contribution in [-0.2, 0) is 32.6 Å². The molecule has 3 aromatic rings. The summed E-state index contributed by atoms with van der Waals surface area (Å²) in [5.41, 5.74) is 4.09. The van der Waals surface area contributed by atoms with Crippen molar-refractivity contribution in [3.63, 3.8) is 0 Å². The van der Waals surface area contributed by atoms with E-state index in [-0.39, 0.29) is 51.0 Å². The topological polar surface area (TPSA) is 0 Å². The van der Waals surface area contributed by atoms with Crippen LogP contribution in [0, 0.1) is 5.92 Å². The zero-order valence-corrected chi connectivity index (χ0v) is 16.8. The van der Waals surface area contributed by atoms with Crippen LogP contribution in [0.5, 0.6) is 0 Å². The average molecular weight is 409 g/mol. The van der Waals surface area contributed by atoms with E-state index in [0.29, 0.717) is 5.92 Å². The Balaban J connectivity index is 0.00000147. The van der Waals surface area contributed by atoms with Gasteiger partial charge in [-0.05, 0) is 17.9 Å². The van der Waals surface area contributed by atoms with Crippen LogP contribution in [0.2, 0.25) is 0 Å². The Labute approximate surface area is 164 Å². The molecule has 0 N–H and O–H groups in total. The zero-order chi connectivity index (χ0) is 13.2. The molecule has 3 rings (SSSR count). The first-order valence-electron chi connectivity index (χ1n) is 6.98. The fourth-order valence-electron chi connectivity index (χ4n) is 2.76. The van der Waals surface area contributed by atoms with Crippen LogP contribution in [-0.4, -0.2) is 0 Å². The molecule has 0 heterocycles. The number of benzene rings is 2. The van der Waals surface area contributed by atoms with Crippen molar-refractivity contribution in [1.29, 1.82) is 0 Å². The van der Waals surface area contributed by atoms with Gasteiger partial charge in [-0.1, -0.05) is 55.8 Å². The standard InChI is InChI=1S/C19H19.2ClH.Zr/c1-14(2)11-15-12-17-9-6-10-18(19(17)13-15)16-7-4-3-5-8-16;;;/h3-10,12-14H,11H2,1-2H3;2*1H;/q-1;;;+3/p-2. The normalized spacial score (nSPS) is 9.77. The van der Waals surface area contributed by atoms with Crippen molar-refractivity contribution in [2.45, 2.75) is 20.3 Å². The van der Waals surface area contributed by atoms with Crippen molar-refractivity contribution in [2.24, 2.45) is 5.92 Å². The quantitative estimate of drug-likeness (QED) is 0.509. The minimum atomic E-state index is 0. The van der Waals surface area contributed by atoms with Crippen molar-refractivity contribution in [3.05, 3.63) is 66.2 Å². The third kappa shape index (κ3) is 4.75. The first-order chi connectivity index (χ1) is 9.24. The molecule has 0 spiro atoms. The van der Waals surface area contributed by atoms with Crippen molar-refractivity contribution in [2.75, 3.05) is 0 Å². The average Bonchev–Trinajstić information content (AvgIpc) is 2.80. The Hall–Kier alpha value is -0.487. The van der Waals surface area contributed by atoms with Crippen molar-refractivity contribution < 1.29 is 51.0 Å². The van der Waals surface area contributed by atoms with Crippen molar-refractivity contribution in [1.82, 2.24) is 0 Å². The third-order valence-electron chi connectivity index (χ3n) is 3.54. The molecule has 0 aliphatic rings. The molecular weight excluding hydrogens is 390 g/mol. The molecule has 1 radical (unpaired) electrons. The van der Waals surface area contributed by atoms with Gasteiger partial charge in [-0.2, -0.15) is 6.07 Å². The number of hydrogen-bond donors (Lipinski definition) is 0. The summed E-state index contributed by atoms with van der Waals surface area (Å²) in [6, 6.07) is 21.9. The van der Waals surface area contributed by atoms with E-state index in [0.717, 1.165) is 6.42 Å². The molecule has 0 amide bonds. The van der Waals surface area contributed by atoms with Gasteiger partial charge < -0.3 is 24.8 Å². The van der Waals surface area contributed by atoms with Crippen LogP contribution in [0.25, 0.3) is 21.9 Å². The fraction of sp³-hybridized carbons (Fsp3) is 0.211. The summed E-state index contributed by atoms with van der Waals surface area (Å²) >= 11 is 0. The molecule has 0 saturated carbocycles. The Morgan fingerprint density at radius 1 is 0.909 bits per heavy atom. The van der Waals surface area contributed by atoms with Crippen LogP contribution in [0.15, 0.2) is 60.7 Å². The SMILES string of the molecule is CC(C)Cc1cc2c(-c3ccccc3)cccc2[cH-]1.[Cl-].[Cl-].[Zr+3]. The second kappa shape index (κ2) is 9.61. The van der Waals surface area contributed by atoms with Crippen LogP contribution in [0.3, 0.4) is 0 Å². The number of fused-ring (bicyclic) bond motifs is 1. The van der Waals surface area contributed by atoms with E-state index in [1.54, 1.807) is 0 Å². The monoisotopic (exact) mass is 407 g/mol. The summed E-state index contributed by atoms with van der Waals surface area (Å²) in [7, 11) is 0. The molecule has 0 nitrogen and oxygen atoms in total. The maximum absolute atomic E-state index is 2.36. The van der Waals surface area contributed by atoms with Gasteiger partial charge in [0.25, 0.3) is 0 Å². The molecule has 22 heavy (non-hydrogen) atoms. The largest absolute Gasteiger partial charge is 3.00 e. The molecule has 0 aliphatic carbocycles. The first kappa shape index (κ1) is 21.5. The van der Waals surface area contributed by atoms with E-state index in [4.69, 9.17) is 0 Å². The molecule has 0 aliphatic heterocycles. The maximum Gasteiger partial charge on any atom is 3.00 e. The molecule has 0 atom stereocenters. The van der Waals surface area contributed by atoms with E-state index >= 15 is 0 Å². The molecule has 3 aromatic carbocycles. The Morgan fingerprint density at radius 2 is 1.59 bits per heavy atom. The van der Waals surface area contributed by atoms with Gasteiger partial charge in [0.1, 0.15) is 0 Å². The number of rotatable bonds is 3. The minimum absolute atomic E-state index is 0. The van der Waals surface area contributed by atoms with Gasteiger partial charge in [-0.15, -0.1) is 34.5 Å². The molecule has 0 bridgehead atoms.